The van der Waals surface area contributed by atoms with Crippen LogP contribution in [-0.2, 0) is 36.4 Å². The van der Waals surface area contributed by atoms with E-state index in [1.165, 1.54) is 25.7 Å². The molecule has 6 aliphatic rings. The van der Waals surface area contributed by atoms with Crippen LogP contribution in [0, 0.1) is 36.3 Å². The number of likely N-dealkylation sites (tertiary alicyclic amines) is 2. The van der Waals surface area contributed by atoms with Crippen LogP contribution in [0.2, 0.25) is 0 Å². The van der Waals surface area contributed by atoms with E-state index in [0.717, 1.165) is 175 Å². The van der Waals surface area contributed by atoms with E-state index in [0.29, 0.717) is 34.5 Å². The van der Waals surface area contributed by atoms with E-state index in [2.05, 4.69) is 65.6 Å². The first kappa shape index (κ1) is 43.7. The van der Waals surface area contributed by atoms with Gasteiger partial charge in [-0.05, 0) is 174 Å². The number of hydrogen-bond acceptors (Lipinski definition) is 8. The van der Waals surface area contributed by atoms with Gasteiger partial charge in [0, 0.05) is 78.3 Å². The van der Waals surface area contributed by atoms with Crippen LogP contribution in [0.3, 0.4) is 0 Å². The molecule has 10 rings (SSSR count). The minimum atomic E-state index is -0.0101. The summed E-state index contributed by atoms with van der Waals surface area (Å²) in [7, 11) is 4.23. The SMILES string of the molecule is Cc1ccc([C@@H]2C[C@@]23CCN(CCCCc2nnc(C4CCOCC4)n2C)C3)c(F)c1.Cc1ccc([C@H]2C[C@]23CCN(CCCCc2nnc(C4CCOCC4)n2C)C3)c(F)c1. The van der Waals surface area contributed by atoms with Crippen LogP contribution >= 0.6 is 0 Å². The molecule has 0 radical (unpaired) electrons. The molecule has 0 amide bonds. The average Bonchev–Trinajstić information content (AvgIpc) is 3.77. The van der Waals surface area contributed by atoms with Gasteiger partial charge in [-0.15, -0.1) is 20.4 Å². The highest BCUT2D eigenvalue weighted by atomic mass is 19.1. The lowest BCUT2D eigenvalue weighted by Gasteiger charge is -2.21. The standard InChI is InChI=1S/2C25H35FN4O/c2*1-18-6-7-20(22(26)15-18)21-16-25(21)10-12-30(17-25)11-4-3-5-23-27-28-24(29(23)2)19-8-13-31-14-9-19/h2*6-7,15,19,21H,3-5,8-14,16-17H2,1-2H3/t2*21-,25+/m10/s1. The van der Waals surface area contributed by atoms with Gasteiger partial charge in [-0.3, -0.25) is 0 Å². The van der Waals surface area contributed by atoms with Gasteiger partial charge in [-0.25, -0.2) is 8.78 Å². The molecule has 6 heterocycles. The van der Waals surface area contributed by atoms with Crippen molar-refractivity contribution in [3.63, 3.8) is 0 Å². The number of nitrogens with zero attached hydrogens (tertiary/aromatic N) is 8. The molecule has 2 aromatic heterocycles. The minimum Gasteiger partial charge on any atom is -0.381 e. The van der Waals surface area contributed by atoms with Crippen molar-refractivity contribution in [2.75, 3.05) is 65.7 Å². The molecule has 0 unspecified atom stereocenters. The summed E-state index contributed by atoms with van der Waals surface area (Å²) >= 11 is 0. The maximum absolute atomic E-state index is 14.4. The largest absolute Gasteiger partial charge is 0.381 e. The number of aryl methyl sites for hydroxylation is 4. The number of aromatic nitrogens is 6. The van der Waals surface area contributed by atoms with E-state index in [1.54, 1.807) is 12.1 Å². The Morgan fingerprint density at radius 2 is 1.02 bits per heavy atom. The van der Waals surface area contributed by atoms with E-state index in [1.807, 2.05) is 26.0 Å². The van der Waals surface area contributed by atoms with Crippen molar-refractivity contribution in [2.45, 2.75) is 127 Å². The fraction of sp³-hybridized carbons (Fsp3) is 0.680. The Labute approximate surface area is 368 Å². The molecule has 2 aliphatic carbocycles. The predicted octanol–water partition coefficient (Wildman–Crippen LogP) is 8.72. The number of halogens is 2. The first-order valence-corrected chi connectivity index (χ1v) is 24.0. The van der Waals surface area contributed by atoms with Gasteiger partial charge in [0.15, 0.2) is 0 Å². The Balaban J connectivity index is 0.000000158. The number of hydrogen-bond donors (Lipinski definition) is 0. The Kier molecular flexibility index (Phi) is 13.3. The summed E-state index contributed by atoms with van der Waals surface area (Å²) in [6, 6.07) is 11.5. The highest BCUT2D eigenvalue weighted by Crippen LogP contribution is 2.65. The molecule has 4 aliphatic heterocycles. The normalized spacial score (nSPS) is 26.7. The van der Waals surface area contributed by atoms with Crippen LogP contribution in [0.4, 0.5) is 8.78 Å². The van der Waals surface area contributed by atoms with Crippen LogP contribution in [0.25, 0.3) is 0 Å². The fourth-order valence-electron chi connectivity index (χ4n) is 11.7. The zero-order valence-electron chi connectivity index (χ0n) is 37.9. The molecule has 4 saturated heterocycles. The van der Waals surface area contributed by atoms with Crippen molar-refractivity contribution in [1.29, 1.82) is 0 Å². The highest BCUT2D eigenvalue weighted by molar-refractivity contribution is 5.36. The molecule has 2 saturated carbocycles. The van der Waals surface area contributed by atoms with Gasteiger partial charge in [-0.2, -0.15) is 0 Å². The summed E-state index contributed by atoms with van der Waals surface area (Å²) < 4.78 is 44.2. The fourth-order valence-corrected chi connectivity index (χ4v) is 11.7. The minimum absolute atomic E-state index is 0.0101. The number of benzene rings is 2. The van der Waals surface area contributed by atoms with E-state index in [-0.39, 0.29) is 11.6 Å². The maximum Gasteiger partial charge on any atom is 0.136 e. The van der Waals surface area contributed by atoms with E-state index in [9.17, 15) is 8.78 Å². The second-order valence-electron chi connectivity index (χ2n) is 20.1. The molecule has 6 fully saturated rings. The third-order valence-electron chi connectivity index (χ3n) is 15.8. The van der Waals surface area contributed by atoms with E-state index >= 15 is 0 Å². The van der Waals surface area contributed by atoms with Gasteiger partial charge >= 0.3 is 0 Å². The van der Waals surface area contributed by atoms with Gasteiger partial charge in [0.1, 0.15) is 34.9 Å². The first-order valence-electron chi connectivity index (χ1n) is 24.0. The van der Waals surface area contributed by atoms with Crippen LogP contribution in [-0.4, -0.2) is 105 Å². The lowest BCUT2D eigenvalue weighted by molar-refractivity contribution is 0.0828. The first-order chi connectivity index (χ1) is 30.1. The van der Waals surface area contributed by atoms with Crippen LogP contribution in [0.5, 0.6) is 0 Å². The zero-order valence-corrected chi connectivity index (χ0v) is 37.9. The van der Waals surface area contributed by atoms with Gasteiger partial charge < -0.3 is 28.4 Å². The van der Waals surface area contributed by atoms with Crippen molar-refractivity contribution in [3.05, 3.63) is 93.6 Å². The van der Waals surface area contributed by atoms with Gasteiger partial charge in [0.2, 0.25) is 0 Å². The summed E-state index contributed by atoms with van der Waals surface area (Å²) in [5.74, 6) is 6.27. The van der Waals surface area contributed by atoms with Gasteiger partial charge in [-0.1, -0.05) is 24.3 Å². The molecule has 336 valence electrons. The van der Waals surface area contributed by atoms with E-state index < -0.39 is 0 Å². The summed E-state index contributed by atoms with van der Waals surface area (Å²) in [6.07, 6.45) is 15.5. The molecular weight excluding hydrogens is 783 g/mol. The molecule has 62 heavy (non-hydrogen) atoms. The average molecular weight is 853 g/mol. The Morgan fingerprint density at radius 3 is 1.42 bits per heavy atom. The van der Waals surface area contributed by atoms with Crippen molar-refractivity contribution in [1.82, 2.24) is 39.3 Å². The number of ether oxygens (including phenoxy) is 2. The Morgan fingerprint density at radius 1 is 0.597 bits per heavy atom. The zero-order chi connectivity index (χ0) is 42.8. The molecule has 0 N–H and O–H groups in total. The summed E-state index contributed by atoms with van der Waals surface area (Å²) in [5, 5.41) is 17.9. The molecular formula is C50H70F2N8O2. The molecule has 12 heteroatoms. The van der Waals surface area contributed by atoms with Gasteiger partial charge in [0.05, 0.1) is 0 Å². The van der Waals surface area contributed by atoms with Crippen molar-refractivity contribution in [2.24, 2.45) is 24.9 Å². The lowest BCUT2D eigenvalue weighted by atomic mass is 9.97. The molecule has 0 bridgehead atoms. The Bertz CT molecular complexity index is 1990. The topological polar surface area (TPSA) is 86.4 Å². The maximum atomic E-state index is 14.4. The van der Waals surface area contributed by atoms with Crippen LogP contribution in [0.1, 0.15) is 146 Å². The molecule has 10 nitrogen and oxygen atoms in total. The van der Waals surface area contributed by atoms with Crippen molar-refractivity contribution < 1.29 is 18.3 Å². The summed E-state index contributed by atoms with van der Waals surface area (Å²) in [5.41, 5.74) is 4.56. The Hall–Kier alpha value is -3.58. The number of unbranched alkanes of at least 4 members (excludes halogenated alkanes) is 2. The van der Waals surface area contributed by atoms with Crippen LogP contribution < -0.4 is 0 Å². The second-order valence-corrected chi connectivity index (χ2v) is 20.1. The quantitative estimate of drug-likeness (QED) is 0.117. The predicted molar refractivity (Wildman–Crippen MR) is 237 cm³/mol. The summed E-state index contributed by atoms with van der Waals surface area (Å²) in [6.45, 7) is 14.1. The highest BCUT2D eigenvalue weighted by Gasteiger charge is 2.59. The third-order valence-corrected chi connectivity index (χ3v) is 15.8. The molecule has 4 aromatic rings. The van der Waals surface area contributed by atoms with Crippen molar-refractivity contribution >= 4 is 0 Å². The number of rotatable bonds is 14. The lowest BCUT2D eigenvalue weighted by Crippen LogP contribution is -2.23. The smallest absolute Gasteiger partial charge is 0.136 e. The van der Waals surface area contributed by atoms with E-state index in [4.69, 9.17) is 9.47 Å². The van der Waals surface area contributed by atoms with Gasteiger partial charge in [0.25, 0.3) is 0 Å². The van der Waals surface area contributed by atoms with Crippen molar-refractivity contribution in [3.8, 4) is 0 Å². The molecule has 2 aromatic carbocycles. The third kappa shape index (κ3) is 9.59. The second kappa shape index (κ2) is 18.9. The monoisotopic (exact) mass is 853 g/mol. The van der Waals surface area contributed by atoms with Crippen LogP contribution in [0.15, 0.2) is 36.4 Å². The summed E-state index contributed by atoms with van der Waals surface area (Å²) in [4.78, 5) is 5.19. The molecule has 4 atom stereocenters. The molecule has 2 spiro atoms.